The second kappa shape index (κ2) is 9.17. The first-order chi connectivity index (χ1) is 11.6. The van der Waals surface area contributed by atoms with E-state index in [1.165, 1.54) is 0 Å². The van der Waals surface area contributed by atoms with Gasteiger partial charge in [0, 0.05) is 45.2 Å². The molecule has 0 aliphatic carbocycles. The zero-order valence-corrected chi connectivity index (χ0v) is 15.1. The minimum absolute atomic E-state index is 0. The molecule has 0 spiro atoms. The largest absolute Gasteiger partial charge is 0.368 e. The Balaban J connectivity index is 0.00000225. The molecule has 6 nitrogen and oxygen atoms in total. The van der Waals surface area contributed by atoms with Crippen molar-refractivity contribution in [2.75, 3.05) is 32.8 Å². The van der Waals surface area contributed by atoms with Crippen LogP contribution >= 0.6 is 12.4 Å². The maximum absolute atomic E-state index is 12.4. The van der Waals surface area contributed by atoms with Crippen LogP contribution in [0.15, 0.2) is 30.3 Å². The monoisotopic (exact) mass is 367 g/mol. The van der Waals surface area contributed by atoms with Crippen LogP contribution in [0.4, 0.5) is 0 Å². The van der Waals surface area contributed by atoms with E-state index in [1.54, 1.807) is 0 Å². The van der Waals surface area contributed by atoms with E-state index >= 15 is 0 Å². The van der Waals surface area contributed by atoms with Crippen molar-refractivity contribution in [2.24, 2.45) is 5.73 Å². The first-order valence-electron chi connectivity index (χ1n) is 8.64. The maximum atomic E-state index is 12.4. The summed E-state index contributed by atoms with van der Waals surface area (Å²) < 4.78 is 5.46. The van der Waals surface area contributed by atoms with Crippen LogP contribution in [0, 0.1) is 0 Å². The summed E-state index contributed by atoms with van der Waals surface area (Å²) in [5.74, 6) is 0.121. The lowest BCUT2D eigenvalue weighted by atomic mass is 10.0. The van der Waals surface area contributed by atoms with E-state index in [0.29, 0.717) is 39.2 Å². The van der Waals surface area contributed by atoms with Crippen molar-refractivity contribution in [3.8, 4) is 0 Å². The van der Waals surface area contributed by atoms with Crippen LogP contribution in [0.25, 0.3) is 0 Å². The highest BCUT2D eigenvalue weighted by molar-refractivity contribution is 5.85. The summed E-state index contributed by atoms with van der Waals surface area (Å²) in [4.78, 5) is 28.4. The van der Waals surface area contributed by atoms with Gasteiger partial charge in [-0.05, 0) is 18.4 Å². The second-order valence-corrected chi connectivity index (χ2v) is 6.43. The summed E-state index contributed by atoms with van der Waals surface area (Å²) in [7, 11) is 0. The molecule has 138 valence electrons. The van der Waals surface area contributed by atoms with Crippen molar-refractivity contribution in [3.63, 3.8) is 0 Å². The van der Waals surface area contributed by atoms with Crippen LogP contribution in [0.5, 0.6) is 0 Å². The number of nitrogens with two attached hydrogens (primary N) is 1. The van der Waals surface area contributed by atoms with Gasteiger partial charge in [-0.1, -0.05) is 30.3 Å². The van der Waals surface area contributed by atoms with E-state index in [4.69, 9.17) is 10.5 Å². The minimum atomic E-state index is -0.287. The summed E-state index contributed by atoms with van der Waals surface area (Å²) in [5.41, 5.74) is 7.10. The summed E-state index contributed by atoms with van der Waals surface area (Å²) in [6.45, 7) is 2.96. The highest BCUT2D eigenvalue weighted by Crippen LogP contribution is 2.18. The van der Waals surface area contributed by atoms with Gasteiger partial charge in [-0.2, -0.15) is 0 Å². The molecule has 0 saturated carbocycles. The lowest BCUT2D eigenvalue weighted by Gasteiger charge is -2.36. The van der Waals surface area contributed by atoms with Gasteiger partial charge >= 0.3 is 0 Å². The standard InChI is InChI=1S/C18H25N3O3.ClH/c19-15(14-5-2-1-3-6-14)13-17(22)20-8-10-21(11-9-20)18(23)16-7-4-12-24-16;/h1-3,5-6,15-16H,4,7-13,19H2;1H. The van der Waals surface area contributed by atoms with E-state index in [0.717, 1.165) is 18.4 Å². The fourth-order valence-corrected chi connectivity index (χ4v) is 3.29. The molecule has 2 saturated heterocycles. The first kappa shape index (κ1) is 19.7. The van der Waals surface area contributed by atoms with Gasteiger partial charge in [0.2, 0.25) is 5.91 Å². The highest BCUT2D eigenvalue weighted by Gasteiger charge is 2.31. The maximum Gasteiger partial charge on any atom is 0.251 e. The number of carbonyl (C=O) groups excluding carboxylic acids is 2. The molecule has 2 heterocycles. The van der Waals surface area contributed by atoms with E-state index in [2.05, 4.69) is 0 Å². The summed E-state index contributed by atoms with van der Waals surface area (Å²) in [6.07, 6.45) is 1.78. The van der Waals surface area contributed by atoms with Gasteiger partial charge in [-0.25, -0.2) is 0 Å². The molecule has 2 aliphatic rings. The number of benzene rings is 1. The van der Waals surface area contributed by atoms with E-state index in [9.17, 15) is 9.59 Å². The van der Waals surface area contributed by atoms with Crippen LogP contribution in [-0.4, -0.2) is 60.5 Å². The molecule has 1 aromatic rings. The third-order valence-electron chi connectivity index (χ3n) is 4.77. The average Bonchev–Trinajstić information content (AvgIpc) is 3.16. The van der Waals surface area contributed by atoms with Gasteiger partial charge in [0.1, 0.15) is 6.10 Å². The number of nitrogens with zero attached hydrogens (tertiary/aromatic N) is 2. The van der Waals surface area contributed by atoms with Crippen LogP contribution < -0.4 is 5.73 Å². The Morgan fingerprint density at radius 3 is 2.36 bits per heavy atom. The predicted molar refractivity (Wildman–Crippen MR) is 97.4 cm³/mol. The van der Waals surface area contributed by atoms with Crippen LogP contribution in [0.1, 0.15) is 30.9 Å². The number of piperazine rings is 1. The quantitative estimate of drug-likeness (QED) is 0.871. The van der Waals surface area contributed by atoms with Crippen molar-refractivity contribution >= 4 is 24.2 Å². The molecule has 1 aromatic carbocycles. The number of hydrogen-bond acceptors (Lipinski definition) is 4. The third kappa shape index (κ3) is 4.93. The molecular weight excluding hydrogens is 342 g/mol. The zero-order valence-electron chi connectivity index (χ0n) is 14.3. The van der Waals surface area contributed by atoms with Gasteiger partial charge < -0.3 is 20.3 Å². The van der Waals surface area contributed by atoms with Crippen molar-refractivity contribution < 1.29 is 14.3 Å². The number of carbonyl (C=O) groups is 2. The Hall–Kier alpha value is -1.63. The van der Waals surface area contributed by atoms with Crippen molar-refractivity contribution in [3.05, 3.63) is 35.9 Å². The number of ether oxygens (including phenoxy) is 1. The third-order valence-corrected chi connectivity index (χ3v) is 4.77. The Kier molecular flexibility index (Phi) is 7.23. The van der Waals surface area contributed by atoms with E-state index in [-0.39, 0.29) is 36.4 Å². The number of halogens is 1. The summed E-state index contributed by atoms with van der Waals surface area (Å²) in [6, 6.07) is 9.38. The van der Waals surface area contributed by atoms with Gasteiger partial charge in [0.25, 0.3) is 5.91 Å². The van der Waals surface area contributed by atoms with Crippen molar-refractivity contribution in [2.45, 2.75) is 31.4 Å². The number of amides is 2. The molecule has 2 N–H and O–H groups in total. The molecule has 7 heteroatoms. The molecule has 2 aliphatic heterocycles. The molecule has 25 heavy (non-hydrogen) atoms. The van der Waals surface area contributed by atoms with Gasteiger partial charge in [-0.15, -0.1) is 12.4 Å². The fourth-order valence-electron chi connectivity index (χ4n) is 3.29. The van der Waals surface area contributed by atoms with Crippen molar-refractivity contribution in [1.82, 2.24) is 9.80 Å². The van der Waals surface area contributed by atoms with Crippen LogP contribution in [0.2, 0.25) is 0 Å². The lowest BCUT2D eigenvalue weighted by Crippen LogP contribution is -2.53. The zero-order chi connectivity index (χ0) is 16.9. The molecule has 2 atom stereocenters. The molecular formula is C18H26ClN3O3. The number of rotatable bonds is 4. The molecule has 0 radical (unpaired) electrons. The fraction of sp³-hybridized carbons (Fsp3) is 0.556. The second-order valence-electron chi connectivity index (χ2n) is 6.43. The molecule has 3 rings (SSSR count). The first-order valence-corrected chi connectivity index (χ1v) is 8.64. The Morgan fingerprint density at radius 2 is 1.76 bits per heavy atom. The molecule has 2 unspecified atom stereocenters. The SMILES string of the molecule is Cl.NC(CC(=O)N1CCN(C(=O)C2CCCO2)CC1)c1ccccc1. The topological polar surface area (TPSA) is 75.9 Å². The van der Waals surface area contributed by atoms with E-state index < -0.39 is 0 Å². The summed E-state index contributed by atoms with van der Waals surface area (Å²) >= 11 is 0. The lowest BCUT2D eigenvalue weighted by molar-refractivity contribution is -0.146. The smallest absolute Gasteiger partial charge is 0.251 e. The predicted octanol–water partition coefficient (Wildman–Crippen LogP) is 1.35. The van der Waals surface area contributed by atoms with Gasteiger partial charge in [-0.3, -0.25) is 9.59 Å². The van der Waals surface area contributed by atoms with Gasteiger partial charge in [0.15, 0.2) is 0 Å². The Labute approximate surface area is 154 Å². The highest BCUT2D eigenvalue weighted by atomic mass is 35.5. The summed E-state index contributed by atoms with van der Waals surface area (Å²) in [5, 5.41) is 0. The Bertz CT molecular complexity index is 570. The van der Waals surface area contributed by atoms with Crippen LogP contribution in [0.3, 0.4) is 0 Å². The normalized spacial score (nSPS) is 21.6. The Morgan fingerprint density at radius 1 is 1.12 bits per heavy atom. The molecule has 2 fully saturated rings. The van der Waals surface area contributed by atoms with Crippen LogP contribution in [-0.2, 0) is 14.3 Å². The minimum Gasteiger partial charge on any atom is -0.368 e. The van der Waals surface area contributed by atoms with E-state index in [1.807, 2.05) is 40.1 Å². The van der Waals surface area contributed by atoms with Crippen molar-refractivity contribution in [1.29, 1.82) is 0 Å². The number of hydrogen-bond donors (Lipinski definition) is 1. The molecule has 2 amide bonds. The van der Waals surface area contributed by atoms with Gasteiger partial charge in [0.05, 0.1) is 0 Å². The average molecular weight is 368 g/mol. The molecule has 0 aromatic heterocycles. The molecule has 0 bridgehead atoms.